The van der Waals surface area contributed by atoms with Crippen LogP contribution in [0.25, 0.3) is 0 Å². The Kier molecular flexibility index (Phi) is 28.0. The highest BCUT2D eigenvalue weighted by atomic mass is 16.4. The van der Waals surface area contributed by atoms with Crippen LogP contribution in [0.15, 0.2) is 24.3 Å². The third kappa shape index (κ3) is 34.0. The number of rotatable bonds is 20. The van der Waals surface area contributed by atoms with Crippen LogP contribution in [0.5, 0.6) is 0 Å². The van der Waals surface area contributed by atoms with Crippen LogP contribution in [0, 0.1) is 0 Å². The van der Waals surface area contributed by atoms with Crippen LogP contribution in [0.4, 0.5) is 0 Å². The molecule has 4 nitrogen and oxygen atoms in total. The minimum Gasteiger partial charge on any atom is -0.481 e. The van der Waals surface area contributed by atoms with E-state index in [0.29, 0.717) is 12.8 Å². The van der Waals surface area contributed by atoms with Gasteiger partial charge < -0.3 is 10.2 Å². The molecule has 30 heavy (non-hydrogen) atoms. The highest BCUT2D eigenvalue weighted by Crippen LogP contribution is 2.08. The fourth-order valence-electron chi connectivity index (χ4n) is 2.97. The van der Waals surface area contributed by atoms with Crippen molar-refractivity contribution in [3.63, 3.8) is 0 Å². The topological polar surface area (TPSA) is 74.6 Å². The van der Waals surface area contributed by atoms with E-state index in [9.17, 15) is 9.59 Å². The summed E-state index contributed by atoms with van der Waals surface area (Å²) in [5.74, 6) is -1.34. The van der Waals surface area contributed by atoms with E-state index in [1.165, 1.54) is 64.2 Å². The number of carboxylic acids is 2. The second-order valence-corrected chi connectivity index (χ2v) is 7.93. The van der Waals surface area contributed by atoms with Gasteiger partial charge in [-0.25, -0.2) is 0 Å². The molecule has 0 unspecified atom stereocenters. The van der Waals surface area contributed by atoms with Gasteiger partial charge in [-0.05, 0) is 44.9 Å². The second kappa shape index (κ2) is 27.4. The van der Waals surface area contributed by atoms with E-state index in [1.54, 1.807) is 0 Å². The molecule has 176 valence electrons. The van der Waals surface area contributed by atoms with Crippen molar-refractivity contribution in [3.05, 3.63) is 24.3 Å². The second-order valence-electron chi connectivity index (χ2n) is 7.93. The van der Waals surface area contributed by atoms with Gasteiger partial charge in [-0.3, -0.25) is 9.59 Å². The first-order valence-corrected chi connectivity index (χ1v) is 12.3. The number of hydrogen-bond donors (Lipinski definition) is 2. The standard InChI is InChI=1S/C18H32O2.C8H16O2/c1-2-3-4-5-6-7-8-9-10-11-12-13-14-15-16-17-18(19)20;1-2-3-4-5-6-7-8(9)10/h6-7,9-10H,2-5,8,11-17H2,1H3,(H,19,20);2-7H2,1H3,(H,9,10)/b7-6-,10-9-;. The summed E-state index contributed by atoms with van der Waals surface area (Å²) >= 11 is 0. The predicted octanol–water partition coefficient (Wildman–Crippen LogP) is 8.32. The Morgan fingerprint density at radius 3 is 1.37 bits per heavy atom. The lowest BCUT2D eigenvalue weighted by Gasteiger charge is -1.98. The smallest absolute Gasteiger partial charge is 0.303 e. The van der Waals surface area contributed by atoms with E-state index in [4.69, 9.17) is 10.2 Å². The van der Waals surface area contributed by atoms with Gasteiger partial charge in [0.15, 0.2) is 0 Å². The van der Waals surface area contributed by atoms with Crippen LogP contribution < -0.4 is 0 Å². The summed E-state index contributed by atoms with van der Waals surface area (Å²) in [6.45, 7) is 4.38. The normalized spacial score (nSPS) is 11.0. The van der Waals surface area contributed by atoms with Crippen LogP contribution in [-0.2, 0) is 9.59 Å². The zero-order valence-corrected chi connectivity index (χ0v) is 19.7. The minimum atomic E-state index is -0.671. The molecule has 0 radical (unpaired) electrons. The predicted molar refractivity (Wildman–Crippen MR) is 128 cm³/mol. The van der Waals surface area contributed by atoms with Crippen molar-refractivity contribution in [1.29, 1.82) is 0 Å². The number of carboxylic acid groups (broad SMARTS) is 2. The molecule has 0 aromatic rings. The van der Waals surface area contributed by atoms with Gasteiger partial charge in [-0.2, -0.15) is 0 Å². The molecule has 0 aliphatic carbocycles. The maximum Gasteiger partial charge on any atom is 0.303 e. The molecule has 0 aromatic carbocycles. The zero-order chi connectivity index (χ0) is 22.7. The van der Waals surface area contributed by atoms with Crippen LogP contribution in [0.1, 0.15) is 129 Å². The molecule has 0 atom stereocenters. The van der Waals surface area contributed by atoms with E-state index in [-0.39, 0.29) is 0 Å². The Labute approximate surface area is 185 Å². The van der Waals surface area contributed by atoms with E-state index < -0.39 is 11.9 Å². The highest BCUT2D eigenvalue weighted by Gasteiger charge is 1.96. The van der Waals surface area contributed by atoms with Gasteiger partial charge >= 0.3 is 11.9 Å². The van der Waals surface area contributed by atoms with Gasteiger partial charge in [0.05, 0.1) is 0 Å². The van der Waals surface area contributed by atoms with Crippen molar-refractivity contribution in [3.8, 4) is 0 Å². The third-order valence-electron chi connectivity index (χ3n) is 4.84. The van der Waals surface area contributed by atoms with E-state index in [2.05, 4.69) is 38.2 Å². The van der Waals surface area contributed by atoms with Crippen molar-refractivity contribution in [2.45, 2.75) is 129 Å². The van der Waals surface area contributed by atoms with Crippen LogP contribution in [0.3, 0.4) is 0 Å². The van der Waals surface area contributed by atoms with Crippen molar-refractivity contribution >= 4 is 11.9 Å². The van der Waals surface area contributed by atoms with E-state index >= 15 is 0 Å². The van der Waals surface area contributed by atoms with Crippen LogP contribution in [-0.4, -0.2) is 22.2 Å². The van der Waals surface area contributed by atoms with Crippen molar-refractivity contribution in [2.75, 3.05) is 0 Å². The highest BCUT2D eigenvalue weighted by molar-refractivity contribution is 5.66. The van der Waals surface area contributed by atoms with Gasteiger partial charge in [0.25, 0.3) is 0 Å². The number of hydrogen-bond acceptors (Lipinski definition) is 2. The molecular weight excluding hydrogens is 376 g/mol. The molecule has 0 spiro atoms. The molecule has 0 aliphatic heterocycles. The van der Waals surface area contributed by atoms with Gasteiger partial charge in [0, 0.05) is 12.8 Å². The molecule has 0 rings (SSSR count). The minimum absolute atomic E-state index is 0.324. The maximum atomic E-state index is 10.3. The lowest BCUT2D eigenvalue weighted by molar-refractivity contribution is -0.138. The average Bonchev–Trinajstić information content (AvgIpc) is 2.71. The zero-order valence-electron chi connectivity index (χ0n) is 19.7. The van der Waals surface area contributed by atoms with Crippen LogP contribution >= 0.6 is 0 Å². The Balaban J connectivity index is 0. The largest absolute Gasteiger partial charge is 0.481 e. The number of aliphatic carboxylic acids is 2. The van der Waals surface area contributed by atoms with E-state index in [1.807, 2.05) is 0 Å². The third-order valence-corrected chi connectivity index (χ3v) is 4.84. The summed E-state index contributed by atoms with van der Waals surface area (Å²) in [6, 6.07) is 0. The number of carbonyl (C=O) groups is 2. The fourth-order valence-corrected chi connectivity index (χ4v) is 2.97. The molecule has 0 saturated carbocycles. The fraction of sp³-hybridized carbons (Fsp3) is 0.769. The average molecular weight is 425 g/mol. The quantitative estimate of drug-likeness (QED) is 0.152. The molecule has 2 N–H and O–H groups in total. The summed E-state index contributed by atoms with van der Waals surface area (Å²) in [6.07, 6.45) is 28.2. The maximum absolute atomic E-state index is 10.3. The SMILES string of the molecule is CCCCC/C=C\C/C=C\CCCCCCCC(=O)O.CCCCCCCC(=O)O. The van der Waals surface area contributed by atoms with E-state index in [0.717, 1.165) is 38.5 Å². The summed E-state index contributed by atoms with van der Waals surface area (Å²) in [5, 5.41) is 16.8. The van der Waals surface area contributed by atoms with Gasteiger partial charge in [-0.15, -0.1) is 0 Å². The lowest BCUT2D eigenvalue weighted by Crippen LogP contribution is -1.93. The summed E-state index contributed by atoms with van der Waals surface area (Å²) in [4.78, 5) is 20.4. The molecule has 0 bridgehead atoms. The molecule has 0 heterocycles. The molecule has 4 heteroatoms. The molecule has 0 aromatic heterocycles. The summed E-state index contributed by atoms with van der Waals surface area (Å²) in [7, 11) is 0. The molecule has 0 amide bonds. The van der Waals surface area contributed by atoms with Crippen molar-refractivity contribution < 1.29 is 19.8 Å². The monoisotopic (exact) mass is 424 g/mol. The summed E-state index contributed by atoms with van der Waals surface area (Å²) in [5.41, 5.74) is 0. The molecule has 0 saturated heterocycles. The van der Waals surface area contributed by atoms with Crippen molar-refractivity contribution in [2.24, 2.45) is 0 Å². The lowest BCUT2D eigenvalue weighted by atomic mass is 10.1. The molecule has 0 fully saturated rings. The Morgan fingerprint density at radius 1 is 0.533 bits per heavy atom. The van der Waals surface area contributed by atoms with Crippen LogP contribution in [0.2, 0.25) is 0 Å². The Bertz CT molecular complexity index is 427. The first-order chi connectivity index (χ1) is 14.5. The number of allylic oxidation sites excluding steroid dienone is 4. The molecular formula is C26H48O4. The van der Waals surface area contributed by atoms with Crippen molar-refractivity contribution in [1.82, 2.24) is 0 Å². The Morgan fingerprint density at radius 2 is 0.900 bits per heavy atom. The number of unbranched alkanes of at least 4 members (excludes halogenated alkanes) is 12. The van der Waals surface area contributed by atoms with Gasteiger partial charge in [0.2, 0.25) is 0 Å². The Hall–Kier alpha value is -1.58. The van der Waals surface area contributed by atoms with Gasteiger partial charge in [-0.1, -0.05) is 95.9 Å². The summed E-state index contributed by atoms with van der Waals surface area (Å²) < 4.78 is 0. The molecule has 0 aliphatic rings. The van der Waals surface area contributed by atoms with Gasteiger partial charge in [0.1, 0.15) is 0 Å². The first-order valence-electron chi connectivity index (χ1n) is 12.3. The first kappa shape index (κ1) is 30.6.